The van der Waals surface area contributed by atoms with Crippen molar-refractivity contribution < 1.29 is 14.3 Å². The first kappa shape index (κ1) is 10.7. The van der Waals surface area contributed by atoms with E-state index in [0.29, 0.717) is 10.9 Å². The highest BCUT2D eigenvalue weighted by molar-refractivity contribution is 9.10. The Bertz CT molecular complexity index is 352. The summed E-state index contributed by atoms with van der Waals surface area (Å²) >= 11 is 6.04. The number of hydrogen-bond donors (Lipinski definition) is 1. The van der Waals surface area contributed by atoms with Gasteiger partial charge < -0.3 is 5.11 Å². The minimum Gasteiger partial charge on any atom is -0.478 e. The van der Waals surface area contributed by atoms with Gasteiger partial charge in [0.25, 0.3) is 0 Å². The molecule has 2 nitrogen and oxygen atoms in total. The Morgan fingerprint density at radius 1 is 1.54 bits per heavy atom. The van der Waals surface area contributed by atoms with Gasteiger partial charge in [-0.3, -0.25) is 0 Å². The molecule has 0 spiro atoms. The number of hydrogen-bond acceptors (Lipinski definition) is 1. The molecule has 0 radical (unpaired) electrons. The van der Waals surface area contributed by atoms with Gasteiger partial charge in [-0.1, -0.05) is 15.9 Å². The molecular weight excluding hydrogens is 307 g/mol. The van der Waals surface area contributed by atoms with E-state index in [9.17, 15) is 9.18 Å². The van der Waals surface area contributed by atoms with E-state index in [1.165, 1.54) is 6.07 Å². The summed E-state index contributed by atoms with van der Waals surface area (Å²) in [4.78, 5) is 10.6. The first-order chi connectivity index (χ1) is 6.06. The number of carboxylic acids is 1. The molecule has 0 unspecified atom stereocenters. The van der Waals surface area contributed by atoms with Crippen LogP contribution in [0.3, 0.4) is 0 Å². The molecule has 5 heteroatoms. The molecule has 13 heavy (non-hydrogen) atoms. The van der Waals surface area contributed by atoms with E-state index in [1.54, 1.807) is 0 Å². The standard InChI is InChI=1S/C8H5Br2FO2/c9-3-4-1-5(8(12)13)6(10)2-7(4)11/h1-2H,3H2,(H,12,13). The number of aromatic carboxylic acids is 1. The van der Waals surface area contributed by atoms with E-state index in [-0.39, 0.29) is 10.0 Å². The van der Waals surface area contributed by atoms with Crippen molar-refractivity contribution >= 4 is 37.8 Å². The summed E-state index contributed by atoms with van der Waals surface area (Å²) in [6.07, 6.45) is 0. The zero-order valence-corrected chi connectivity index (χ0v) is 9.52. The molecule has 70 valence electrons. The molecule has 0 fully saturated rings. The maximum atomic E-state index is 13.0. The molecule has 0 aromatic heterocycles. The Labute approximate surface area is 91.0 Å². The predicted octanol–water partition coefficient (Wildman–Crippen LogP) is 3.18. The van der Waals surface area contributed by atoms with E-state index in [2.05, 4.69) is 31.9 Å². The van der Waals surface area contributed by atoms with Crippen LogP contribution in [-0.4, -0.2) is 11.1 Å². The SMILES string of the molecule is O=C(O)c1cc(CBr)c(F)cc1Br. The minimum absolute atomic E-state index is 0.0656. The van der Waals surface area contributed by atoms with Crippen LogP contribution in [-0.2, 0) is 5.33 Å². The second-order valence-electron chi connectivity index (χ2n) is 2.36. The lowest BCUT2D eigenvalue weighted by Gasteiger charge is -2.03. The monoisotopic (exact) mass is 310 g/mol. The van der Waals surface area contributed by atoms with E-state index in [0.717, 1.165) is 6.07 Å². The van der Waals surface area contributed by atoms with Crippen LogP contribution in [0.25, 0.3) is 0 Å². The van der Waals surface area contributed by atoms with Gasteiger partial charge in [-0.05, 0) is 33.6 Å². The van der Waals surface area contributed by atoms with Gasteiger partial charge >= 0.3 is 5.97 Å². The van der Waals surface area contributed by atoms with Gasteiger partial charge in [-0.2, -0.15) is 0 Å². The summed E-state index contributed by atoms with van der Waals surface area (Å²) in [5.74, 6) is -1.50. The molecule has 0 aliphatic heterocycles. The van der Waals surface area contributed by atoms with Crippen LogP contribution >= 0.6 is 31.9 Å². The van der Waals surface area contributed by atoms with Crippen molar-refractivity contribution in [2.75, 3.05) is 0 Å². The van der Waals surface area contributed by atoms with Crippen LogP contribution in [0.4, 0.5) is 4.39 Å². The maximum absolute atomic E-state index is 13.0. The normalized spacial score (nSPS) is 10.1. The minimum atomic E-state index is -1.07. The third-order valence-corrected chi connectivity index (χ3v) is 2.77. The van der Waals surface area contributed by atoms with Gasteiger partial charge in [0, 0.05) is 9.80 Å². The lowest BCUT2D eigenvalue weighted by atomic mass is 10.1. The molecule has 0 saturated carbocycles. The Hall–Kier alpha value is -0.420. The molecule has 0 amide bonds. The number of rotatable bonds is 2. The average Bonchev–Trinajstić information content (AvgIpc) is 2.03. The molecule has 0 heterocycles. The second-order valence-corrected chi connectivity index (χ2v) is 3.78. The number of carbonyl (C=O) groups is 1. The van der Waals surface area contributed by atoms with Gasteiger partial charge in [0.05, 0.1) is 5.56 Å². The van der Waals surface area contributed by atoms with Crippen molar-refractivity contribution in [3.05, 3.63) is 33.5 Å². The Kier molecular flexibility index (Phi) is 3.44. The molecule has 0 aliphatic rings. The molecule has 1 aromatic carbocycles. The fraction of sp³-hybridized carbons (Fsp3) is 0.125. The van der Waals surface area contributed by atoms with E-state index < -0.39 is 11.8 Å². The smallest absolute Gasteiger partial charge is 0.336 e. The molecule has 0 bridgehead atoms. The largest absolute Gasteiger partial charge is 0.478 e. The summed E-state index contributed by atoms with van der Waals surface area (Å²) in [5.41, 5.74) is 0.399. The molecule has 1 aromatic rings. The van der Waals surface area contributed by atoms with E-state index in [1.807, 2.05) is 0 Å². The quantitative estimate of drug-likeness (QED) is 0.852. The number of benzene rings is 1. The van der Waals surface area contributed by atoms with Crippen molar-refractivity contribution in [1.29, 1.82) is 0 Å². The lowest BCUT2D eigenvalue weighted by molar-refractivity contribution is 0.0695. The van der Waals surface area contributed by atoms with Gasteiger partial charge in [0.15, 0.2) is 0 Å². The van der Waals surface area contributed by atoms with E-state index >= 15 is 0 Å². The van der Waals surface area contributed by atoms with Crippen molar-refractivity contribution in [3.63, 3.8) is 0 Å². The van der Waals surface area contributed by atoms with Crippen LogP contribution in [0.15, 0.2) is 16.6 Å². The predicted molar refractivity (Wildman–Crippen MR) is 53.7 cm³/mol. The van der Waals surface area contributed by atoms with Gasteiger partial charge in [0.1, 0.15) is 5.82 Å². The van der Waals surface area contributed by atoms with Crippen molar-refractivity contribution in [1.82, 2.24) is 0 Å². The van der Waals surface area contributed by atoms with Gasteiger partial charge in [-0.15, -0.1) is 0 Å². The van der Waals surface area contributed by atoms with Crippen molar-refractivity contribution in [2.24, 2.45) is 0 Å². The Balaban J connectivity index is 3.30. The number of alkyl halides is 1. The van der Waals surface area contributed by atoms with Crippen LogP contribution in [0.2, 0.25) is 0 Å². The third kappa shape index (κ3) is 2.28. The highest BCUT2D eigenvalue weighted by Crippen LogP contribution is 2.22. The molecule has 0 saturated heterocycles. The van der Waals surface area contributed by atoms with Crippen LogP contribution in [0.5, 0.6) is 0 Å². The van der Waals surface area contributed by atoms with Crippen LogP contribution < -0.4 is 0 Å². The number of halogens is 3. The summed E-state index contributed by atoms with van der Waals surface area (Å²) in [7, 11) is 0. The summed E-state index contributed by atoms with van der Waals surface area (Å²) in [6.45, 7) is 0. The van der Waals surface area contributed by atoms with Gasteiger partial charge in [-0.25, -0.2) is 9.18 Å². The first-order valence-corrected chi connectivity index (χ1v) is 5.25. The van der Waals surface area contributed by atoms with Crippen molar-refractivity contribution in [2.45, 2.75) is 5.33 Å². The molecule has 1 rings (SSSR count). The highest BCUT2D eigenvalue weighted by Gasteiger charge is 2.12. The topological polar surface area (TPSA) is 37.3 Å². The summed E-state index contributed by atoms with van der Waals surface area (Å²) in [6, 6.07) is 2.45. The first-order valence-electron chi connectivity index (χ1n) is 3.33. The van der Waals surface area contributed by atoms with E-state index in [4.69, 9.17) is 5.11 Å². The average molecular weight is 312 g/mol. The highest BCUT2D eigenvalue weighted by atomic mass is 79.9. The lowest BCUT2D eigenvalue weighted by Crippen LogP contribution is -2.00. The second kappa shape index (κ2) is 4.19. The molecule has 1 N–H and O–H groups in total. The molecular formula is C8H5Br2FO2. The summed E-state index contributed by atoms with van der Waals surface area (Å²) in [5, 5.41) is 9.01. The van der Waals surface area contributed by atoms with Gasteiger partial charge in [0.2, 0.25) is 0 Å². The Morgan fingerprint density at radius 3 is 2.62 bits per heavy atom. The third-order valence-electron chi connectivity index (χ3n) is 1.51. The number of carboxylic acid groups (broad SMARTS) is 1. The fourth-order valence-electron chi connectivity index (χ4n) is 0.860. The zero-order valence-electron chi connectivity index (χ0n) is 6.35. The Morgan fingerprint density at radius 2 is 2.15 bits per heavy atom. The molecule has 0 atom stereocenters. The van der Waals surface area contributed by atoms with Crippen LogP contribution in [0.1, 0.15) is 15.9 Å². The summed E-state index contributed by atoms with van der Waals surface area (Å²) < 4.78 is 13.3. The van der Waals surface area contributed by atoms with Crippen molar-refractivity contribution in [3.8, 4) is 0 Å². The molecule has 0 aliphatic carbocycles. The fourth-order valence-corrected chi connectivity index (χ4v) is 1.77. The maximum Gasteiger partial charge on any atom is 0.336 e. The zero-order chi connectivity index (χ0) is 10.0. The van der Waals surface area contributed by atoms with Crippen LogP contribution in [0, 0.1) is 5.82 Å².